The van der Waals surface area contributed by atoms with Crippen molar-refractivity contribution in [2.75, 3.05) is 12.8 Å². The number of rotatable bonds is 7. The fourth-order valence-corrected chi connectivity index (χ4v) is 5.16. The number of aryl methyl sites for hydroxylation is 1. The van der Waals surface area contributed by atoms with Crippen LogP contribution >= 0.6 is 11.3 Å². The second-order valence-corrected chi connectivity index (χ2v) is 9.73. The molecule has 37 heavy (non-hydrogen) atoms. The highest BCUT2D eigenvalue weighted by molar-refractivity contribution is 7.14. The molecule has 0 aliphatic carbocycles. The predicted octanol–water partition coefficient (Wildman–Crippen LogP) is 5.32. The lowest BCUT2D eigenvalue weighted by atomic mass is 10.1. The summed E-state index contributed by atoms with van der Waals surface area (Å²) < 4.78 is 15.8. The number of allylic oxidation sites excluding steroid dienone is 2. The topological polar surface area (TPSA) is 123 Å². The Morgan fingerprint density at radius 1 is 1.32 bits per heavy atom. The molecule has 0 radical (unpaired) electrons. The molecule has 3 aromatic heterocycles. The van der Waals surface area contributed by atoms with Crippen LogP contribution in [-0.2, 0) is 6.54 Å². The summed E-state index contributed by atoms with van der Waals surface area (Å²) in [6.45, 7) is 8.17. The van der Waals surface area contributed by atoms with E-state index < -0.39 is 5.82 Å². The van der Waals surface area contributed by atoms with Crippen molar-refractivity contribution in [3.8, 4) is 17.0 Å². The quantitative estimate of drug-likeness (QED) is 0.192. The standard InChI is InChI=1S/C26H28FN7O2S/c1-6-20(14(2)3)33(5)21(31-26-19(11-35)15(4)12-37-26)10-34-25-22(24(28)29-13-30-25)23(32-34)16-7-17(27)9-18(36)8-16/h6-9,11-14,36H,10H2,1-5H3,(H2,28,29,30)/b20-6+,31-21?. The monoisotopic (exact) mass is 521 g/mol. The molecule has 0 saturated heterocycles. The Balaban J connectivity index is 1.91. The molecule has 11 heteroatoms. The predicted molar refractivity (Wildman–Crippen MR) is 145 cm³/mol. The average Bonchev–Trinajstić information content (AvgIpc) is 3.38. The zero-order valence-electron chi connectivity index (χ0n) is 21.2. The summed E-state index contributed by atoms with van der Waals surface area (Å²) in [7, 11) is 1.91. The Bertz CT molecular complexity index is 1520. The lowest BCUT2D eigenvalue weighted by Crippen LogP contribution is -2.32. The van der Waals surface area contributed by atoms with Gasteiger partial charge in [-0.2, -0.15) is 5.10 Å². The third-order valence-electron chi connectivity index (χ3n) is 6.02. The normalized spacial score (nSPS) is 12.5. The van der Waals surface area contributed by atoms with E-state index in [-0.39, 0.29) is 24.0 Å². The van der Waals surface area contributed by atoms with Crippen LogP contribution < -0.4 is 5.73 Å². The highest BCUT2D eigenvalue weighted by Crippen LogP contribution is 2.34. The van der Waals surface area contributed by atoms with E-state index in [9.17, 15) is 14.3 Å². The van der Waals surface area contributed by atoms with E-state index in [1.165, 1.54) is 29.8 Å². The van der Waals surface area contributed by atoms with Crippen LogP contribution in [0.4, 0.5) is 15.2 Å². The molecule has 192 valence electrons. The first-order chi connectivity index (χ1) is 17.6. The summed E-state index contributed by atoms with van der Waals surface area (Å²) in [5.41, 5.74) is 9.72. The third kappa shape index (κ3) is 5.08. The minimum absolute atomic E-state index is 0.171. The molecule has 4 rings (SSSR count). The van der Waals surface area contributed by atoms with Gasteiger partial charge in [-0.25, -0.2) is 24.0 Å². The first kappa shape index (κ1) is 26.0. The molecule has 0 unspecified atom stereocenters. The maximum Gasteiger partial charge on any atom is 0.164 e. The number of aromatic hydroxyl groups is 1. The molecular formula is C26H28FN7O2S. The summed E-state index contributed by atoms with van der Waals surface area (Å²) in [5, 5.41) is 17.6. The van der Waals surface area contributed by atoms with Crippen LogP contribution in [0.2, 0.25) is 0 Å². The number of carbonyl (C=O) groups is 1. The Morgan fingerprint density at radius 3 is 2.73 bits per heavy atom. The van der Waals surface area contributed by atoms with E-state index in [4.69, 9.17) is 15.8 Å². The summed E-state index contributed by atoms with van der Waals surface area (Å²) in [5.74, 6) is 0.143. The van der Waals surface area contributed by atoms with Crippen molar-refractivity contribution in [1.82, 2.24) is 24.6 Å². The van der Waals surface area contributed by atoms with Gasteiger partial charge in [-0.1, -0.05) is 19.9 Å². The van der Waals surface area contributed by atoms with E-state index in [1.807, 2.05) is 37.3 Å². The molecule has 9 nitrogen and oxygen atoms in total. The number of aliphatic imine (C=N–C) groups is 1. The number of likely N-dealkylation sites (N-methyl/N-ethyl adjacent to an activating group) is 1. The van der Waals surface area contributed by atoms with Gasteiger partial charge in [0.2, 0.25) is 0 Å². The average molecular weight is 522 g/mol. The number of anilines is 1. The number of fused-ring (bicyclic) bond motifs is 1. The summed E-state index contributed by atoms with van der Waals surface area (Å²) in [6.07, 6.45) is 4.16. The molecule has 0 spiro atoms. The van der Waals surface area contributed by atoms with Gasteiger partial charge in [0.1, 0.15) is 46.8 Å². The van der Waals surface area contributed by atoms with Crippen LogP contribution in [0.25, 0.3) is 22.3 Å². The number of hydrogen-bond donors (Lipinski definition) is 2. The molecule has 3 N–H and O–H groups in total. The number of halogens is 1. The molecule has 0 aliphatic rings. The van der Waals surface area contributed by atoms with Crippen molar-refractivity contribution >= 4 is 45.3 Å². The number of phenols is 1. The molecule has 0 aliphatic heterocycles. The molecule has 0 bridgehead atoms. The number of hydrogen-bond acceptors (Lipinski definition) is 8. The van der Waals surface area contributed by atoms with Crippen LogP contribution in [0.1, 0.15) is 36.7 Å². The minimum Gasteiger partial charge on any atom is -0.508 e. The van der Waals surface area contributed by atoms with Gasteiger partial charge < -0.3 is 15.7 Å². The molecule has 3 heterocycles. The highest BCUT2D eigenvalue weighted by atomic mass is 32.1. The first-order valence-electron chi connectivity index (χ1n) is 11.6. The molecule has 0 saturated carbocycles. The Hall–Kier alpha value is -4.12. The fourth-order valence-electron chi connectivity index (χ4n) is 4.25. The zero-order valence-corrected chi connectivity index (χ0v) is 22.0. The molecular weight excluding hydrogens is 493 g/mol. The molecule has 0 atom stereocenters. The lowest BCUT2D eigenvalue weighted by molar-refractivity contribution is 0.112. The van der Waals surface area contributed by atoms with Gasteiger partial charge in [0.15, 0.2) is 11.9 Å². The largest absolute Gasteiger partial charge is 0.508 e. The summed E-state index contributed by atoms with van der Waals surface area (Å²) >= 11 is 1.39. The molecule has 1 aromatic carbocycles. The fraction of sp³-hybridized carbons (Fsp3) is 0.269. The van der Waals surface area contributed by atoms with Gasteiger partial charge in [-0.15, -0.1) is 11.3 Å². The van der Waals surface area contributed by atoms with E-state index >= 15 is 0 Å². The Kier molecular flexibility index (Phi) is 7.35. The second kappa shape index (κ2) is 10.5. The maximum atomic E-state index is 14.1. The number of aromatic nitrogens is 4. The van der Waals surface area contributed by atoms with Crippen LogP contribution in [0.5, 0.6) is 5.75 Å². The highest BCUT2D eigenvalue weighted by Gasteiger charge is 2.22. The zero-order chi connectivity index (χ0) is 26.9. The van der Waals surface area contributed by atoms with E-state index in [0.717, 1.165) is 23.6 Å². The molecule has 0 fully saturated rings. The lowest BCUT2D eigenvalue weighted by Gasteiger charge is -2.27. The summed E-state index contributed by atoms with van der Waals surface area (Å²) in [6, 6.07) is 3.69. The van der Waals surface area contributed by atoms with E-state index in [2.05, 4.69) is 23.8 Å². The number of amidine groups is 1. The SMILES string of the molecule is C/C=C(\C(C)C)N(C)C(Cn1nc(-c2cc(O)cc(F)c2)c2c(N)ncnc21)=Nc1scc(C)c1C=O. The second-order valence-electron chi connectivity index (χ2n) is 8.87. The van der Waals surface area contributed by atoms with Crippen LogP contribution in [-0.4, -0.2) is 48.9 Å². The van der Waals surface area contributed by atoms with Crippen molar-refractivity contribution in [1.29, 1.82) is 0 Å². The number of nitrogen functional groups attached to an aromatic ring is 1. The minimum atomic E-state index is -0.612. The Labute approximate surface area is 217 Å². The number of phenolic OH excluding ortho intramolecular Hbond substituents is 1. The van der Waals surface area contributed by atoms with Crippen LogP contribution in [0.3, 0.4) is 0 Å². The number of benzene rings is 1. The Morgan fingerprint density at radius 2 is 2.08 bits per heavy atom. The summed E-state index contributed by atoms with van der Waals surface area (Å²) in [4.78, 5) is 27.1. The molecule has 4 aromatic rings. The maximum absolute atomic E-state index is 14.1. The number of aldehydes is 1. The number of thiophene rings is 1. The third-order valence-corrected chi connectivity index (χ3v) is 7.02. The van der Waals surface area contributed by atoms with Gasteiger partial charge in [-0.05, 0) is 42.8 Å². The van der Waals surface area contributed by atoms with Gasteiger partial charge in [0.25, 0.3) is 0 Å². The number of nitrogens with zero attached hydrogens (tertiary/aromatic N) is 6. The van der Waals surface area contributed by atoms with Gasteiger partial charge in [0, 0.05) is 24.4 Å². The number of nitrogens with two attached hydrogens (primary N) is 1. The van der Waals surface area contributed by atoms with E-state index in [0.29, 0.717) is 38.7 Å². The van der Waals surface area contributed by atoms with E-state index in [1.54, 1.807) is 4.68 Å². The molecule has 0 amide bonds. The smallest absolute Gasteiger partial charge is 0.164 e. The number of carbonyl (C=O) groups excluding carboxylic acids is 1. The van der Waals surface area contributed by atoms with Gasteiger partial charge >= 0.3 is 0 Å². The van der Waals surface area contributed by atoms with Crippen molar-refractivity contribution in [3.63, 3.8) is 0 Å². The van der Waals surface area contributed by atoms with Crippen molar-refractivity contribution < 1.29 is 14.3 Å². The van der Waals surface area contributed by atoms with Crippen LogP contribution in [0.15, 0.2) is 46.7 Å². The van der Waals surface area contributed by atoms with Crippen molar-refractivity contribution in [2.24, 2.45) is 10.9 Å². The van der Waals surface area contributed by atoms with Gasteiger partial charge in [-0.3, -0.25) is 4.79 Å². The van der Waals surface area contributed by atoms with Crippen molar-refractivity contribution in [3.05, 3.63) is 58.6 Å². The van der Waals surface area contributed by atoms with Gasteiger partial charge in [0.05, 0.1) is 10.9 Å². The van der Waals surface area contributed by atoms with Crippen LogP contribution in [0, 0.1) is 18.7 Å². The van der Waals surface area contributed by atoms with Crippen molar-refractivity contribution in [2.45, 2.75) is 34.2 Å². The first-order valence-corrected chi connectivity index (χ1v) is 12.5.